The number of hydrogen-bond acceptors (Lipinski definition) is 3. The van der Waals surface area contributed by atoms with Gasteiger partial charge in [0.25, 0.3) is 0 Å². The number of carboxylic acids is 1. The van der Waals surface area contributed by atoms with Crippen LogP contribution in [0.3, 0.4) is 0 Å². The minimum Gasteiger partial charge on any atom is -0.480 e. The zero-order chi connectivity index (χ0) is 18.2. The largest absolute Gasteiger partial charge is 0.480 e. The molecule has 3 rings (SSSR count). The molecule has 1 heterocycles. The van der Waals surface area contributed by atoms with Crippen LogP contribution in [-0.2, 0) is 9.59 Å². The molecule has 128 valence electrons. The van der Waals surface area contributed by atoms with E-state index in [-0.39, 0.29) is 12.5 Å². The highest BCUT2D eigenvalue weighted by atomic mass is 35.5. The van der Waals surface area contributed by atoms with E-state index in [2.05, 4.69) is 4.99 Å². The second kappa shape index (κ2) is 6.33. The number of hydrogen-bond donors (Lipinski definition) is 1. The van der Waals surface area contributed by atoms with Crippen LogP contribution in [0.25, 0.3) is 0 Å². The van der Waals surface area contributed by atoms with Crippen molar-refractivity contribution in [2.24, 2.45) is 4.99 Å². The molecule has 0 radical (unpaired) electrons. The fourth-order valence-electron chi connectivity index (χ4n) is 2.88. The lowest BCUT2D eigenvalue weighted by Crippen LogP contribution is -2.54. The second-order valence-corrected chi connectivity index (χ2v) is 6.72. The summed E-state index contributed by atoms with van der Waals surface area (Å²) in [4.78, 5) is 30.2. The summed E-state index contributed by atoms with van der Waals surface area (Å²) >= 11 is 6.17. The number of rotatable bonds is 3. The van der Waals surface area contributed by atoms with Gasteiger partial charge in [-0.05, 0) is 32.0 Å². The first kappa shape index (κ1) is 17.2. The third kappa shape index (κ3) is 3.03. The Kier molecular flexibility index (Phi) is 4.35. The molecule has 1 aliphatic heterocycles. The third-order valence-corrected chi connectivity index (χ3v) is 4.44. The Morgan fingerprint density at radius 1 is 1.20 bits per heavy atom. The summed E-state index contributed by atoms with van der Waals surface area (Å²) in [6, 6.07) is 14.5. The lowest BCUT2D eigenvalue weighted by molar-refractivity contribution is -0.143. The van der Waals surface area contributed by atoms with Crippen LogP contribution in [0, 0.1) is 0 Å². The number of aliphatic imine (C=N–C) groups is 1. The molecule has 0 fully saturated rings. The lowest BCUT2D eigenvalue weighted by atomic mass is 9.96. The zero-order valence-corrected chi connectivity index (χ0v) is 14.6. The summed E-state index contributed by atoms with van der Waals surface area (Å²) in [6.07, 6.45) is 0. The molecule has 1 amide bonds. The van der Waals surface area contributed by atoms with Crippen molar-refractivity contribution >= 4 is 34.9 Å². The van der Waals surface area contributed by atoms with Crippen LogP contribution >= 0.6 is 11.6 Å². The van der Waals surface area contributed by atoms with Crippen LogP contribution in [0.1, 0.15) is 25.0 Å². The molecule has 0 atom stereocenters. The van der Waals surface area contributed by atoms with E-state index in [1.54, 1.807) is 18.2 Å². The number of halogens is 1. The van der Waals surface area contributed by atoms with Gasteiger partial charge in [0.05, 0.1) is 11.4 Å². The molecule has 0 aromatic heterocycles. The van der Waals surface area contributed by atoms with Gasteiger partial charge in [-0.25, -0.2) is 4.79 Å². The topological polar surface area (TPSA) is 70.0 Å². The van der Waals surface area contributed by atoms with E-state index in [0.717, 1.165) is 5.56 Å². The van der Waals surface area contributed by atoms with Crippen molar-refractivity contribution in [3.63, 3.8) is 0 Å². The van der Waals surface area contributed by atoms with Crippen molar-refractivity contribution in [1.29, 1.82) is 0 Å². The fraction of sp³-hybridized carbons (Fsp3) is 0.211. The molecule has 2 aromatic carbocycles. The van der Waals surface area contributed by atoms with Gasteiger partial charge < -0.3 is 5.11 Å². The van der Waals surface area contributed by atoms with Crippen molar-refractivity contribution in [2.75, 3.05) is 11.4 Å². The van der Waals surface area contributed by atoms with Crippen LogP contribution in [0.2, 0.25) is 5.02 Å². The number of aliphatic carboxylic acids is 1. The Hall–Kier alpha value is -2.66. The van der Waals surface area contributed by atoms with Crippen molar-refractivity contribution < 1.29 is 14.7 Å². The number of benzene rings is 2. The normalized spacial score (nSPS) is 14.6. The van der Waals surface area contributed by atoms with Crippen LogP contribution in [0.15, 0.2) is 53.5 Å². The maximum Gasteiger partial charge on any atom is 0.329 e. The summed E-state index contributed by atoms with van der Waals surface area (Å²) < 4.78 is 0. The minimum atomic E-state index is -1.42. The fourth-order valence-corrected chi connectivity index (χ4v) is 3.05. The summed E-state index contributed by atoms with van der Waals surface area (Å²) in [7, 11) is 0. The SMILES string of the molecule is CC(C)(C(=O)O)N1C(=O)CN=C(c2ccccc2)c2cc(Cl)ccc21. The quantitative estimate of drug-likeness (QED) is 0.916. The zero-order valence-electron chi connectivity index (χ0n) is 13.9. The highest BCUT2D eigenvalue weighted by Gasteiger charge is 2.41. The maximum atomic E-state index is 12.7. The van der Waals surface area contributed by atoms with E-state index in [1.165, 1.54) is 18.7 Å². The smallest absolute Gasteiger partial charge is 0.329 e. The van der Waals surface area contributed by atoms with Crippen molar-refractivity contribution in [3.05, 3.63) is 64.7 Å². The molecular formula is C19H17ClN2O3. The van der Waals surface area contributed by atoms with E-state index in [1.807, 2.05) is 30.3 Å². The first-order valence-corrected chi connectivity index (χ1v) is 8.16. The summed E-state index contributed by atoms with van der Waals surface area (Å²) in [5.41, 5.74) is 1.17. The number of benzodiazepines with no additional fused rings is 1. The molecule has 5 nitrogen and oxygen atoms in total. The monoisotopic (exact) mass is 356 g/mol. The standard InChI is InChI=1S/C19H17ClN2O3/c1-19(2,18(24)25)22-15-9-8-13(20)10-14(15)17(21-11-16(22)23)12-6-4-3-5-7-12/h3-10H,11H2,1-2H3,(H,24,25). The molecule has 2 aromatic rings. The molecule has 6 heteroatoms. The summed E-state index contributed by atoms with van der Waals surface area (Å²) in [5, 5.41) is 10.1. The van der Waals surface area contributed by atoms with Gasteiger partial charge in [-0.2, -0.15) is 0 Å². The van der Waals surface area contributed by atoms with E-state index < -0.39 is 11.5 Å². The van der Waals surface area contributed by atoms with Crippen molar-refractivity contribution in [1.82, 2.24) is 0 Å². The van der Waals surface area contributed by atoms with E-state index in [0.29, 0.717) is 22.0 Å². The Bertz CT molecular complexity index is 875. The molecular weight excluding hydrogens is 340 g/mol. The first-order chi connectivity index (χ1) is 11.8. The Balaban J connectivity index is 2.26. The average molecular weight is 357 g/mol. The van der Waals surface area contributed by atoms with E-state index in [4.69, 9.17) is 11.6 Å². The lowest BCUT2D eigenvalue weighted by Gasteiger charge is -2.35. The maximum absolute atomic E-state index is 12.7. The van der Waals surface area contributed by atoms with Gasteiger partial charge in [-0.15, -0.1) is 0 Å². The van der Waals surface area contributed by atoms with Crippen LogP contribution in [-0.4, -0.2) is 34.8 Å². The van der Waals surface area contributed by atoms with Crippen LogP contribution in [0.4, 0.5) is 5.69 Å². The number of carbonyl (C=O) groups excluding carboxylic acids is 1. The van der Waals surface area contributed by atoms with Crippen molar-refractivity contribution in [3.8, 4) is 0 Å². The van der Waals surface area contributed by atoms with Gasteiger partial charge in [-0.3, -0.25) is 14.7 Å². The van der Waals surface area contributed by atoms with Crippen molar-refractivity contribution in [2.45, 2.75) is 19.4 Å². The van der Waals surface area contributed by atoms with Crippen LogP contribution < -0.4 is 4.90 Å². The highest BCUT2D eigenvalue weighted by Crippen LogP contribution is 2.34. The average Bonchev–Trinajstić information content (AvgIpc) is 2.71. The number of anilines is 1. The first-order valence-electron chi connectivity index (χ1n) is 7.78. The number of carboxylic acid groups (broad SMARTS) is 1. The Morgan fingerprint density at radius 2 is 1.88 bits per heavy atom. The van der Waals surface area contributed by atoms with E-state index in [9.17, 15) is 14.7 Å². The number of amides is 1. The van der Waals surface area contributed by atoms with Gasteiger partial charge in [0.2, 0.25) is 5.91 Å². The Labute approximate surface area is 150 Å². The van der Waals surface area contributed by atoms with Gasteiger partial charge in [-0.1, -0.05) is 41.9 Å². The van der Waals surface area contributed by atoms with Gasteiger partial charge in [0.1, 0.15) is 12.1 Å². The molecule has 25 heavy (non-hydrogen) atoms. The highest BCUT2D eigenvalue weighted by molar-refractivity contribution is 6.32. The molecule has 1 N–H and O–H groups in total. The molecule has 0 spiro atoms. The molecule has 0 saturated heterocycles. The van der Waals surface area contributed by atoms with Gasteiger partial charge in [0.15, 0.2) is 0 Å². The predicted octanol–water partition coefficient (Wildman–Crippen LogP) is 3.39. The van der Waals surface area contributed by atoms with E-state index >= 15 is 0 Å². The molecule has 0 saturated carbocycles. The summed E-state index contributed by atoms with van der Waals surface area (Å²) in [6.45, 7) is 2.87. The molecule has 0 unspecified atom stereocenters. The summed E-state index contributed by atoms with van der Waals surface area (Å²) in [5.74, 6) is -1.47. The third-order valence-electron chi connectivity index (χ3n) is 4.21. The number of carbonyl (C=O) groups is 2. The second-order valence-electron chi connectivity index (χ2n) is 6.29. The number of fused-ring (bicyclic) bond motifs is 1. The minimum absolute atomic E-state index is 0.132. The molecule has 0 aliphatic carbocycles. The predicted molar refractivity (Wildman–Crippen MR) is 97.6 cm³/mol. The molecule has 1 aliphatic rings. The molecule has 0 bridgehead atoms. The Morgan fingerprint density at radius 3 is 2.52 bits per heavy atom. The van der Waals surface area contributed by atoms with Gasteiger partial charge >= 0.3 is 5.97 Å². The number of nitrogens with zero attached hydrogens (tertiary/aromatic N) is 2. The van der Waals surface area contributed by atoms with Crippen LogP contribution in [0.5, 0.6) is 0 Å². The van der Waals surface area contributed by atoms with Gasteiger partial charge in [0, 0.05) is 16.1 Å².